The van der Waals surface area contributed by atoms with Gasteiger partial charge in [0.05, 0.1) is 4.05 Å². The highest BCUT2D eigenvalue weighted by molar-refractivity contribution is 14.1. The molecule has 1 rings (SSSR count). The van der Waals surface area contributed by atoms with Crippen molar-refractivity contribution < 1.29 is 0 Å². The quantitative estimate of drug-likeness (QED) is 0.475. The lowest BCUT2D eigenvalue weighted by molar-refractivity contribution is 0.124. The molecule has 1 fully saturated rings. The molecule has 2 nitrogen and oxygen atoms in total. The van der Waals surface area contributed by atoms with Gasteiger partial charge in [0.15, 0.2) is 0 Å². The summed E-state index contributed by atoms with van der Waals surface area (Å²) in [6, 6.07) is 0. The summed E-state index contributed by atoms with van der Waals surface area (Å²) >= 11 is 2.48. The number of piperidine rings is 1. The number of hydrogen-bond acceptors (Lipinski definition) is 2. The van der Waals surface area contributed by atoms with E-state index in [4.69, 9.17) is 5.73 Å². The molecule has 0 bridgehead atoms. The largest absolute Gasteiger partial charge is 0.330 e. The van der Waals surface area contributed by atoms with Crippen LogP contribution in [0.1, 0.15) is 26.7 Å². The Balaban J connectivity index is 2.39. The number of rotatable bonds is 2. The van der Waals surface area contributed by atoms with Crippen LogP contribution in [0.4, 0.5) is 0 Å². The highest BCUT2D eigenvalue weighted by atomic mass is 127. The van der Waals surface area contributed by atoms with Gasteiger partial charge in [0.1, 0.15) is 0 Å². The van der Waals surface area contributed by atoms with Crippen LogP contribution in [0.3, 0.4) is 0 Å². The maximum Gasteiger partial charge on any atom is 0.0589 e. The zero-order valence-electron chi connectivity index (χ0n) is 8.02. The van der Waals surface area contributed by atoms with E-state index in [1.54, 1.807) is 0 Å². The number of halogens is 1. The zero-order chi connectivity index (χ0) is 9.19. The Labute approximate surface area is 89.0 Å². The Morgan fingerprint density at radius 3 is 2.33 bits per heavy atom. The monoisotopic (exact) mass is 282 g/mol. The van der Waals surface area contributed by atoms with Crippen LogP contribution in [0.15, 0.2) is 0 Å². The van der Waals surface area contributed by atoms with Gasteiger partial charge in [-0.15, -0.1) is 0 Å². The molecule has 0 aromatic heterocycles. The topological polar surface area (TPSA) is 29.3 Å². The number of nitrogens with two attached hydrogens (primary N) is 1. The Morgan fingerprint density at radius 2 is 2.00 bits per heavy atom. The van der Waals surface area contributed by atoms with E-state index in [-0.39, 0.29) is 0 Å². The molecule has 0 aromatic carbocycles. The zero-order valence-corrected chi connectivity index (χ0v) is 10.2. The molecule has 0 amide bonds. The van der Waals surface area contributed by atoms with E-state index in [1.165, 1.54) is 25.9 Å². The summed E-state index contributed by atoms with van der Waals surface area (Å²) in [5.74, 6) is 0. The minimum absolute atomic E-state index is 0.419. The van der Waals surface area contributed by atoms with Crippen molar-refractivity contribution in [1.29, 1.82) is 0 Å². The minimum Gasteiger partial charge on any atom is -0.330 e. The molecule has 1 unspecified atom stereocenters. The molecule has 2 N–H and O–H groups in total. The first-order valence-corrected chi connectivity index (χ1v) is 5.90. The summed E-state index contributed by atoms with van der Waals surface area (Å²) < 4.78 is 0.671. The van der Waals surface area contributed by atoms with Crippen LogP contribution in [0.2, 0.25) is 0 Å². The number of alkyl halides is 1. The van der Waals surface area contributed by atoms with Crippen LogP contribution in [-0.2, 0) is 0 Å². The van der Waals surface area contributed by atoms with Crippen LogP contribution in [0.25, 0.3) is 0 Å². The van der Waals surface area contributed by atoms with E-state index in [2.05, 4.69) is 41.3 Å². The van der Waals surface area contributed by atoms with Crippen LogP contribution in [-0.4, -0.2) is 28.6 Å². The fraction of sp³-hybridized carbons (Fsp3) is 1.00. The second-order valence-corrected chi connectivity index (χ2v) is 5.93. The maximum atomic E-state index is 5.74. The van der Waals surface area contributed by atoms with E-state index in [9.17, 15) is 0 Å². The van der Waals surface area contributed by atoms with Gasteiger partial charge in [-0.25, -0.2) is 0 Å². The minimum atomic E-state index is 0.419. The molecule has 72 valence electrons. The van der Waals surface area contributed by atoms with Gasteiger partial charge < -0.3 is 5.73 Å². The van der Waals surface area contributed by atoms with Crippen molar-refractivity contribution >= 4 is 22.6 Å². The Morgan fingerprint density at radius 1 is 1.50 bits per heavy atom. The van der Waals surface area contributed by atoms with Crippen molar-refractivity contribution in [2.45, 2.75) is 30.7 Å². The van der Waals surface area contributed by atoms with E-state index in [1.807, 2.05) is 0 Å². The lowest BCUT2D eigenvalue weighted by Gasteiger charge is -2.39. The predicted octanol–water partition coefficient (Wildman–Crippen LogP) is 1.83. The summed E-state index contributed by atoms with van der Waals surface area (Å²) in [7, 11) is 0. The molecule has 0 radical (unpaired) electrons. The molecule has 12 heavy (non-hydrogen) atoms. The highest BCUT2D eigenvalue weighted by Crippen LogP contribution is 2.30. The molecule has 1 aliphatic rings. The van der Waals surface area contributed by atoms with E-state index in [0.717, 1.165) is 6.54 Å². The molecular weight excluding hydrogens is 263 g/mol. The second kappa shape index (κ2) is 4.24. The number of nitrogens with zero attached hydrogens (tertiary/aromatic N) is 1. The Kier molecular flexibility index (Phi) is 3.79. The normalized spacial score (nSPS) is 27.0. The number of hydrogen-bond donors (Lipinski definition) is 1. The Bertz CT molecular complexity index is 139. The molecule has 0 spiro atoms. The molecule has 1 saturated heterocycles. The van der Waals surface area contributed by atoms with Gasteiger partial charge in [-0.2, -0.15) is 0 Å². The van der Waals surface area contributed by atoms with Gasteiger partial charge in [-0.1, -0.05) is 29.5 Å². The average molecular weight is 282 g/mol. The van der Waals surface area contributed by atoms with Gasteiger partial charge >= 0.3 is 0 Å². The smallest absolute Gasteiger partial charge is 0.0589 e. The lowest BCUT2D eigenvalue weighted by atomic mass is 9.80. The van der Waals surface area contributed by atoms with E-state index in [0.29, 0.717) is 9.46 Å². The van der Waals surface area contributed by atoms with Crippen molar-refractivity contribution in [1.82, 2.24) is 4.90 Å². The van der Waals surface area contributed by atoms with Crippen LogP contribution in [0.5, 0.6) is 0 Å². The van der Waals surface area contributed by atoms with Gasteiger partial charge in [-0.05, 0) is 44.8 Å². The molecule has 0 saturated carbocycles. The molecule has 1 heterocycles. The van der Waals surface area contributed by atoms with E-state index < -0.39 is 0 Å². The van der Waals surface area contributed by atoms with Crippen molar-refractivity contribution in [2.24, 2.45) is 11.1 Å². The SMILES string of the molecule is CC(I)N1CCC(C)(CN)CC1. The molecule has 0 aliphatic carbocycles. The van der Waals surface area contributed by atoms with Crippen molar-refractivity contribution in [2.75, 3.05) is 19.6 Å². The standard InChI is InChI=1S/C9H19IN2/c1-8(10)12-5-3-9(2,7-11)4-6-12/h8H,3-7,11H2,1-2H3. The first-order chi connectivity index (χ1) is 5.57. The van der Waals surface area contributed by atoms with E-state index >= 15 is 0 Å². The van der Waals surface area contributed by atoms with Crippen molar-refractivity contribution in [3.05, 3.63) is 0 Å². The molecule has 3 heteroatoms. The third-order valence-corrected chi connectivity index (χ3v) is 3.79. The van der Waals surface area contributed by atoms with Gasteiger partial charge in [0.2, 0.25) is 0 Å². The van der Waals surface area contributed by atoms with Crippen LogP contribution in [0, 0.1) is 5.41 Å². The summed E-state index contributed by atoms with van der Waals surface area (Å²) in [5, 5.41) is 0. The fourth-order valence-electron chi connectivity index (χ4n) is 1.62. The maximum absolute atomic E-state index is 5.74. The van der Waals surface area contributed by atoms with Gasteiger partial charge in [0, 0.05) is 0 Å². The van der Waals surface area contributed by atoms with Gasteiger partial charge in [-0.3, -0.25) is 4.90 Å². The van der Waals surface area contributed by atoms with Crippen LogP contribution < -0.4 is 5.73 Å². The third kappa shape index (κ3) is 2.57. The number of likely N-dealkylation sites (tertiary alicyclic amines) is 1. The van der Waals surface area contributed by atoms with Crippen molar-refractivity contribution in [3.8, 4) is 0 Å². The first-order valence-electron chi connectivity index (χ1n) is 4.66. The summed E-state index contributed by atoms with van der Waals surface area (Å²) in [6.45, 7) is 7.85. The second-order valence-electron chi connectivity index (χ2n) is 4.12. The molecule has 0 aromatic rings. The van der Waals surface area contributed by atoms with Crippen molar-refractivity contribution in [3.63, 3.8) is 0 Å². The first kappa shape index (κ1) is 10.7. The Hall–Kier alpha value is 0.650. The third-order valence-electron chi connectivity index (χ3n) is 3.00. The predicted molar refractivity (Wildman–Crippen MR) is 61.5 cm³/mol. The lowest BCUT2D eigenvalue weighted by Crippen LogP contribution is -2.44. The molecule has 1 atom stereocenters. The summed E-state index contributed by atoms with van der Waals surface area (Å²) in [4.78, 5) is 2.53. The van der Waals surface area contributed by atoms with Crippen LogP contribution >= 0.6 is 22.6 Å². The fourth-order valence-corrected chi connectivity index (χ4v) is 2.18. The summed E-state index contributed by atoms with van der Waals surface area (Å²) in [6.07, 6.45) is 2.52. The molecular formula is C9H19IN2. The highest BCUT2D eigenvalue weighted by Gasteiger charge is 2.29. The summed E-state index contributed by atoms with van der Waals surface area (Å²) in [5.41, 5.74) is 6.16. The molecule has 1 aliphatic heterocycles. The van der Waals surface area contributed by atoms with Gasteiger partial charge in [0.25, 0.3) is 0 Å². The average Bonchev–Trinajstić information content (AvgIpc) is 2.05.